The van der Waals surface area contributed by atoms with Crippen molar-refractivity contribution in [3.8, 4) is 34.4 Å². The molecule has 0 unspecified atom stereocenters. The van der Waals surface area contributed by atoms with E-state index in [1.165, 1.54) is 24.1 Å². The summed E-state index contributed by atoms with van der Waals surface area (Å²) in [5.74, 6) is 1.65. The standard InChI is InChI=1S/C26H24N6/c1-2-18-9-10-30(14-18)23-7-8-24-22(11-23)16-31-15-21(20-5-3-19(13-27)4-6-20)12-25(31)26-29-28-17-32(24)26/h3-8,11-12,15,17-18H,2,9-10,14,16H2,1H3/t18-/m1/s1. The third-order valence-electron chi connectivity index (χ3n) is 6.91. The molecule has 0 radical (unpaired) electrons. The summed E-state index contributed by atoms with van der Waals surface area (Å²) in [6.45, 7) is 5.35. The van der Waals surface area contributed by atoms with Gasteiger partial charge in [-0.3, -0.25) is 4.57 Å². The highest BCUT2D eigenvalue weighted by atomic mass is 15.3. The van der Waals surface area contributed by atoms with E-state index >= 15 is 0 Å². The van der Waals surface area contributed by atoms with Crippen LogP contribution in [0.15, 0.2) is 61.1 Å². The van der Waals surface area contributed by atoms with Crippen LogP contribution in [0.5, 0.6) is 0 Å². The number of hydrogen-bond acceptors (Lipinski definition) is 4. The topological polar surface area (TPSA) is 62.7 Å². The third-order valence-corrected chi connectivity index (χ3v) is 6.91. The van der Waals surface area contributed by atoms with Crippen molar-refractivity contribution >= 4 is 5.69 Å². The largest absolute Gasteiger partial charge is 0.371 e. The minimum Gasteiger partial charge on any atom is -0.371 e. The Balaban J connectivity index is 1.42. The van der Waals surface area contributed by atoms with Gasteiger partial charge in [0.1, 0.15) is 6.33 Å². The van der Waals surface area contributed by atoms with Gasteiger partial charge in [0.15, 0.2) is 5.82 Å². The van der Waals surface area contributed by atoms with Crippen molar-refractivity contribution in [3.05, 3.63) is 72.2 Å². The van der Waals surface area contributed by atoms with Crippen LogP contribution in [0.3, 0.4) is 0 Å². The summed E-state index contributed by atoms with van der Waals surface area (Å²) in [4.78, 5) is 2.52. The first-order valence-electron chi connectivity index (χ1n) is 11.2. The van der Waals surface area contributed by atoms with E-state index in [0.29, 0.717) is 5.56 Å². The maximum Gasteiger partial charge on any atom is 0.185 e. The van der Waals surface area contributed by atoms with Crippen molar-refractivity contribution in [2.45, 2.75) is 26.3 Å². The third kappa shape index (κ3) is 3.01. The van der Waals surface area contributed by atoms with Gasteiger partial charge < -0.3 is 9.47 Å². The molecule has 0 bridgehead atoms. The first-order chi connectivity index (χ1) is 15.7. The van der Waals surface area contributed by atoms with Crippen LogP contribution in [-0.4, -0.2) is 32.4 Å². The molecule has 2 aromatic heterocycles. The predicted molar refractivity (Wildman–Crippen MR) is 125 cm³/mol. The van der Waals surface area contributed by atoms with Crippen molar-refractivity contribution in [1.29, 1.82) is 5.26 Å². The smallest absolute Gasteiger partial charge is 0.185 e. The first kappa shape index (κ1) is 18.9. The summed E-state index contributed by atoms with van der Waals surface area (Å²) in [6.07, 6.45) is 6.51. The fourth-order valence-electron chi connectivity index (χ4n) is 5.02. The van der Waals surface area contributed by atoms with Gasteiger partial charge in [0.25, 0.3) is 0 Å². The number of anilines is 1. The van der Waals surface area contributed by atoms with Crippen LogP contribution < -0.4 is 4.90 Å². The lowest BCUT2D eigenvalue weighted by Crippen LogP contribution is -2.19. The van der Waals surface area contributed by atoms with Gasteiger partial charge in [-0.25, -0.2) is 0 Å². The number of nitriles is 1. The monoisotopic (exact) mass is 420 g/mol. The molecule has 158 valence electrons. The van der Waals surface area contributed by atoms with E-state index in [-0.39, 0.29) is 0 Å². The highest BCUT2D eigenvalue weighted by molar-refractivity contribution is 5.72. The molecule has 0 N–H and O–H groups in total. The molecule has 0 amide bonds. The molecule has 6 nitrogen and oxygen atoms in total. The van der Waals surface area contributed by atoms with Gasteiger partial charge in [-0.2, -0.15) is 5.26 Å². The number of fused-ring (bicyclic) bond motifs is 5. The van der Waals surface area contributed by atoms with Crippen molar-refractivity contribution in [3.63, 3.8) is 0 Å². The van der Waals surface area contributed by atoms with Crippen LogP contribution in [0.2, 0.25) is 0 Å². The maximum absolute atomic E-state index is 9.10. The molecule has 2 aliphatic heterocycles. The van der Waals surface area contributed by atoms with E-state index in [1.54, 1.807) is 6.33 Å². The van der Waals surface area contributed by atoms with Gasteiger partial charge in [0, 0.05) is 37.1 Å². The number of hydrogen-bond donors (Lipinski definition) is 0. The molecule has 2 aliphatic rings. The van der Waals surface area contributed by atoms with Crippen molar-refractivity contribution < 1.29 is 0 Å². The van der Waals surface area contributed by atoms with E-state index in [0.717, 1.165) is 53.9 Å². The van der Waals surface area contributed by atoms with Crippen LogP contribution in [-0.2, 0) is 6.54 Å². The summed E-state index contributed by atoms with van der Waals surface area (Å²) in [6, 6.07) is 18.9. The Bertz CT molecular complexity index is 1340. The summed E-state index contributed by atoms with van der Waals surface area (Å²) in [5.41, 5.74) is 7.64. The molecule has 4 heterocycles. The van der Waals surface area contributed by atoms with Crippen LogP contribution in [0.4, 0.5) is 5.69 Å². The zero-order valence-corrected chi connectivity index (χ0v) is 18.1. The molecule has 1 atom stereocenters. The summed E-state index contributed by atoms with van der Waals surface area (Å²) >= 11 is 0. The zero-order chi connectivity index (χ0) is 21.7. The van der Waals surface area contributed by atoms with Crippen molar-refractivity contribution in [2.24, 2.45) is 5.92 Å². The van der Waals surface area contributed by atoms with Crippen LogP contribution >= 0.6 is 0 Å². The van der Waals surface area contributed by atoms with Gasteiger partial charge in [0.05, 0.1) is 23.0 Å². The normalized spacial score (nSPS) is 16.8. The minimum atomic E-state index is 0.669. The average Bonchev–Trinajstić information content (AvgIpc) is 3.57. The molecule has 0 spiro atoms. The summed E-state index contributed by atoms with van der Waals surface area (Å²) < 4.78 is 4.36. The predicted octanol–water partition coefficient (Wildman–Crippen LogP) is 4.87. The van der Waals surface area contributed by atoms with E-state index in [4.69, 9.17) is 5.26 Å². The van der Waals surface area contributed by atoms with Gasteiger partial charge in [-0.1, -0.05) is 25.5 Å². The SMILES string of the molecule is CC[C@@H]1CCN(c2ccc3c(c2)Cn2cc(-c4ccc(C#N)cc4)cc2-c2nncn2-3)C1. The Morgan fingerprint density at radius 3 is 2.75 bits per heavy atom. The van der Waals surface area contributed by atoms with Gasteiger partial charge in [-0.05, 0) is 59.9 Å². The highest BCUT2D eigenvalue weighted by Crippen LogP contribution is 2.35. The average molecular weight is 421 g/mol. The van der Waals surface area contributed by atoms with Gasteiger partial charge in [0.2, 0.25) is 0 Å². The van der Waals surface area contributed by atoms with E-state index in [2.05, 4.69) is 67.7 Å². The lowest BCUT2D eigenvalue weighted by molar-refractivity contribution is 0.569. The minimum absolute atomic E-state index is 0.669. The highest BCUT2D eigenvalue weighted by Gasteiger charge is 2.25. The molecule has 1 saturated heterocycles. The Kier molecular flexibility index (Phi) is 4.36. The summed E-state index contributed by atoms with van der Waals surface area (Å²) in [5, 5.41) is 17.8. The zero-order valence-electron chi connectivity index (χ0n) is 18.1. The van der Waals surface area contributed by atoms with E-state index in [1.807, 2.05) is 24.3 Å². The Hall–Kier alpha value is -3.85. The molecule has 2 aromatic carbocycles. The van der Waals surface area contributed by atoms with Crippen LogP contribution in [0.25, 0.3) is 28.3 Å². The lowest BCUT2D eigenvalue weighted by Gasteiger charge is -2.21. The molecule has 32 heavy (non-hydrogen) atoms. The fraction of sp³-hybridized carbons (Fsp3) is 0.269. The van der Waals surface area contributed by atoms with E-state index < -0.39 is 0 Å². The molecule has 6 heteroatoms. The maximum atomic E-state index is 9.10. The molecule has 1 fully saturated rings. The van der Waals surface area contributed by atoms with Gasteiger partial charge in [-0.15, -0.1) is 10.2 Å². The molecular formula is C26H24N6. The Morgan fingerprint density at radius 2 is 1.97 bits per heavy atom. The number of aromatic nitrogens is 4. The second-order valence-electron chi connectivity index (χ2n) is 8.78. The Morgan fingerprint density at radius 1 is 1.09 bits per heavy atom. The number of benzene rings is 2. The van der Waals surface area contributed by atoms with Crippen molar-refractivity contribution in [2.75, 3.05) is 18.0 Å². The Labute approximate surface area is 187 Å². The lowest BCUT2D eigenvalue weighted by atomic mass is 10.1. The van der Waals surface area contributed by atoms with Crippen molar-refractivity contribution in [1.82, 2.24) is 19.3 Å². The number of rotatable bonds is 3. The fourth-order valence-corrected chi connectivity index (χ4v) is 5.02. The first-order valence-corrected chi connectivity index (χ1v) is 11.2. The summed E-state index contributed by atoms with van der Waals surface area (Å²) in [7, 11) is 0. The number of nitrogens with zero attached hydrogens (tertiary/aromatic N) is 6. The van der Waals surface area contributed by atoms with Gasteiger partial charge >= 0.3 is 0 Å². The molecule has 0 aliphatic carbocycles. The van der Waals surface area contributed by atoms with Crippen LogP contribution in [0, 0.1) is 17.2 Å². The molecular weight excluding hydrogens is 396 g/mol. The second kappa shape index (κ2) is 7.38. The molecule has 0 saturated carbocycles. The molecule has 4 aromatic rings. The molecule has 6 rings (SSSR count). The van der Waals surface area contributed by atoms with Crippen LogP contribution in [0.1, 0.15) is 30.9 Å². The quantitative estimate of drug-likeness (QED) is 0.418. The second-order valence-corrected chi connectivity index (χ2v) is 8.78. The van der Waals surface area contributed by atoms with E-state index in [9.17, 15) is 0 Å².